The van der Waals surface area contributed by atoms with Crippen LogP contribution in [-0.2, 0) is 19.8 Å². The Morgan fingerprint density at radius 2 is 1.56 bits per heavy atom. The molecule has 0 aliphatic rings. The van der Waals surface area contributed by atoms with Gasteiger partial charge in [0, 0.05) is 6.61 Å². The minimum atomic E-state index is -0.106. The Labute approximate surface area is 191 Å². The summed E-state index contributed by atoms with van der Waals surface area (Å²) in [7, 11) is 0. The number of aliphatic hydroxyl groups excluding tert-OH is 3. The predicted octanol–water partition coefficient (Wildman–Crippen LogP) is 5.41. The van der Waals surface area contributed by atoms with E-state index in [4.69, 9.17) is 4.74 Å². The second kappa shape index (κ2) is 11.3. The lowest BCUT2D eigenvalue weighted by molar-refractivity contribution is 0.259. The van der Waals surface area contributed by atoms with Crippen molar-refractivity contribution in [1.29, 1.82) is 0 Å². The van der Waals surface area contributed by atoms with Crippen molar-refractivity contribution in [2.45, 2.75) is 59.4 Å². The van der Waals surface area contributed by atoms with Gasteiger partial charge in [-0.25, -0.2) is 0 Å². The van der Waals surface area contributed by atoms with E-state index >= 15 is 0 Å². The molecule has 0 aliphatic carbocycles. The van der Waals surface area contributed by atoms with Gasteiger partial charge in [-0.15, -0.1) is 0 Å². The third kappa shape index (κ3) is 5.57. The Hall–Kier alpha value is -2.66. The molecule has 0 saturated heterocycles. The quantitative estimate of drug-likeness (QED) is 0.399. The number of hydrogen-bond acceptors (Lipinski definition) is 4. The minimum Gasteiger partial charge on any atom is -0.489 e. The fourth-order valence-corrected chi connectivity index (χ4v) is 4.22. The molecule has 0 heterocycles. The van der Waals surface area contributed by atoms with Gasteiger partial charge in [-0.3, -0.25) is 0 Å². The van der Waals surface area contributed by atoms with E-state index < -0.39 is 0 Å². The molecule has 32 heavy (non-hydrogen) atoms. The summed E-state index contributed by atoms with van der Waals surface area (Å²) in [6, 6.07) is 18.4. The summed E-state index contributed by atoms with van der Waals surface area (Å²) in [5, 5.41) is 28.2. The van der Waals surface area contributed by atoms with E-state index in [0.717, 1.165) is 40.8 Å². The van der Waals surface area contributed by atoms with Crippen molar-refractivity contribution in [3.63, 3.8) is 0 Å². The first-order valence-corrected chi connectivity index (χ1v) is 11.3. The molecule has 0 bridgehead atoms. The lowest BCUT2D eigenvalue weighted by atomic mass is 9.88. The molecule has 0 aliphatic heterocycles. The number of aliphatic hydroxyl groups is 3. The van der Waals surface area contributed by atoms with Gasteiger partial charge in [0.1, 0.15) is 12.4 Å². The van der Waals surface area contributed by atoms with E-state index in [1.165, 1.54) is 22.3 Å². The molecule has 0 saturated carbocycles. The lowest BCUT2D eigenvalue weighted by Crippen LogP contribution is -2.02. The smallest absolute Gasteiger partial charge is 0.120 e. The molecule has 0 amide bonds. The van der Waals surface area contributed by atoms with Crippen molar-refractivity contribution in [2.75, 3.05) is 6.61 Å². The molecule has 1 atom stereocenters. The molecular formula is C28H34O4. The minimum absolute atomic E-state index is 0.0878. The highest BCUT2D eigenvalue weighted by Gasteiger charge is 2.13. The second-order valence-electron chi connectivity index (χ2n) is 8.38. The molecule has 3 aromatic rings. The maximum absolute atomic E-state index is 9.51. The molecule has 3 N–H and O–H groups in total. The first-order valence-electron chi connectivity index (χ1n) is 11.3. The van der Waals surface area contributed by atoms with E-state index in [9.17, 15) is 15.3 Å². The molecule has 0 spiro atoms. The van der Waals surface area contributed by atoms with Gasteiger partial charge in [-0.2, -0.15) is 0 Å². The average Bonchev–Trinajstić information content (AvgIpc) is 2.82. The van der Waals surface area contributed by atoms with Crippen LogP contribution in [0.2, 0.25) is 0 Å². The van der Waals surface area contributed by atoms with Gasteiger partial charge in [0.05, 0.1) is 13.2 Å². The van der Waals surface area contributed by atoms with E-state index in [-0.39, 0.29) is 19.8 Å². The van der Waals surface area contributed by atoms with E-state index in [1.54, 1.807) is 0 Å². The largest absolute Gasteiger partial charge is 0.489 e. The molecule has 4 heteroatoms. The topological polar surface area (TPSA) is 69.9 Å². The van der Waals surface area contributed by atoms with Gasteiger partial charge in [-0.05, 0) is 95.3 Å². The van der Waals surface area contributed by atoms with Crippen molar-refractivity contribution >= 4 is 0 Å². The molecule has 3 rings (SSSR count). The van der Waals surface area contributed by atoms with Crippen molar-refractivity contribution in [2.24, 2.45) is 0 Å². The number of hydrogen-bond donors (Lipinski definition) is 3. The third-order valence-electron chi connectivity index (χ3n) is 6.21. The first kappa shape index (κ1) is 24.0. The highest BCUT2D eigenvalue weighted by molar-refractivity contribution is 5.72. The van der Waals surface area contributed by atoms with Crippen LogP contribution in [0, 0.1) is 13.8 Å². The molecule has 3 aromatic carbocycles. The van der Waals surface area contributed by atoms with E-state index in [2.05, 4.69) is 51.1 Å². The van der Waals surface area contributed by atoms with Crippen LogP contribution in [0.25, 0.3) is 11.1 Å². The van der Waals surface area contributed by atoms with Crippen molar-refractivity contribution in [1.82, 2.24) is 0 Å². The molecule has 0 radical (unpaired) electrons. The summed E-state index contributed by atoms with van der Waals surface area (Å²) < 4.78 is 6.06. The highest BCUT2D eigenvalue weighted by Crippen LogP contribution is 2.33. The van der Waals surface area contributed by atoms with Crippen LogP contribution in [0.5, 0.6) is 5.75 Å². The van der Waals surface area contributed by atoms with Gasteiger partial charge >= 0.3 is 0 Å². The number of rotatable bonds is 10. The van der Waals surface area contributed by atoms with Gasteiger partial charge in [0.2, 0.25) is 0 Å². The lowest BCUT2D eigenvalue weighted by Gasteiger charge is -2.18. The Morgan fingerprint density at radius 1 is 0.781 bits per heavy atom. The Morgan fingerprint density at radius 3 is 2.22 bits per heavy atom. The first-order chi connectivity index (χ1) is 15.5. The molecule has 1 unspecified atom stereocenters. The zero-order valence-electron chi connectivity index (χ0n) is 19.3. The molecule has 170 valence electrons. The van der Waals surface area contributed by atoms with Crippen LogP contribution < -0.4 is 4.74 Å². The van der Waals surface area contributed by atoms with Crippen molar-refractivity contribution in [3.8, 4) is 16.9 Å². The maximum Gasteiger partial charge on any atom is 0.120 e. The SMILES string of the molecule is CCC(CCO)c1ccc(-c2cc(OCc3ccc(CO)c(CO)c3)ccc2C)c(C)c1. The summed E-state index contributed by atoms with van der Waals surface area (Å²) in [4.78, 5) is 0. The van der Waals surface area contributed by atoms with Crippen LogP contribution in [0.15, 0.2) is 54.6 Å². The third-order valence-corrected chi connectivity index (χ3v) is 6.21. The van der Waals surface area contributed by atoms with Crippen LogP contribution >= 0.6 is 0 Å². The normalized spacial score (nSPS) is 12.1. The fraction of sp³-hybridized carbons (Fsp3) is 0.357. The van der Waals surface area contributed by atoms with Crippen LogP contribution in [0.1, 0.15) is 59.1 Å². The fourth-order valence-electron chi connectivity index (χ4n) is 4.22. The van der Waals surface area contributed by atoms with Crippen LogP contribution in [0.3, 0.4) is 0 Å². The average molecular weight is 435 g/mol. The summed E-state index contributed by atoms with van der Waals surface area (Å²) in [6.45, 7) is 6.80. The van der Waals surface area contributed by atoms with Crippen molar-refractivity contribution in [3.05, 3.63) is 88.0 Å². The zero-order valence-corrected chi connectivity index (χ0v) is 19.3. The molecule has 0 fully saturated rings. The van der Waals surface area contributed by atoms with E-state index in [1.807, 2.05) is 24.3 Å². The Kier molecular flexibility index (Phi) is 8.46. The zero-order chi connectivity index (χ0) is 23.1. The van der Waals surface area contributed by atoms with Gasteiger partial charge in [-0.1, -0.05) is 43.3 Å². The number of ether oxygens (including phenoxy) is 1. The maximum atomic E-state index is 9.51. The Bertz CT molecular complexity index is 1040. The molecule has 4 nitrogen and oxygen atoms in total. The monoisotopic (exact) mass is 434 g/mol. The van der Waals surface area contributed by atoms with E-state index in [0.29, 0.717) is 12.5 Å². The summed E-state index contributed by atoms with van der Waals surface area (Å²) in [5.74, 6) is 1.17. The van der Waals surface area contributed by atoms with Gasteiger partial charge in [0.25, 0.3) is 0 Å². The van der Waals surface area contributed by atoms with Crippen LogP contribution in [-0.4, -0.2) is 21.9 Å². The van der Waals surface area contributed by atoms with Crippen molar-refractivity contribution < 1.29 is 20.1 Å². The van der Waals surface area contributed by atoms with Crippen LogP contribution in [0.4, 0.5) is 0 Å². The summed E-state index contributed by atoms with van der Waals surface area (Å²) in [6.07, 6.45) is 1.80. The second-order valence-corrected chi connectivity index (χ2v) is 8.38. The molecule has 0 aromatic heterocycles. The number of benzene rings is 3. The Balaban J connectivity index is 1.82. The summed E-state index contributed by atoms with van der Waals surface area (Å²) >= 11 is 0. The van der Waals surface area contributed by atoms with Gasteiger partial charge in [0.15, 0.2) is 0 Å². The standard InChI is InChI=1S/C28H34O4/c1-4-22(11-12-29)23-8-10-27(20(3)13-23)28-15-26(9-5-19(28)2)32-18-21-6-7-24(16-30)25(14-21)17-31/h5-10,13-15,22,29-31H,4,11-12,16-18H2,1-3H3. The summed E-state index contributed by atoms with van der Waals surface area (Å²) in [5.41, 5.74) is 8.41. The van der Waals surface area contributed by atoms with Gasteiger partial charge < -0.3 is 20.1 Å². The highest BCUT2D eigenvalue weighted by atomic mass is 16.5. The predicted molar refractivity (Wildman–Crippen MR) is 129 cm³/mol. The molecular weight excluding hydrogens is 400 g/mol. The number of aryl methyl sites for hydroxylation is 2.